The number of hydrogen-bond donors (Lipinski definition) is 2. The summed E-state index contributed by atoms with van der Waals surface area (Å²) in [5.41, 5.74) is 2.96. The van der Waals surface area contributed by atoms with Crippen molar-refractivity contribution in [3.8, 4) is 0 Å². The van der Waals surface area contributed by atoms with Gasteiger partial charge in [-0.3, -0.25) is 9.59 Å². The quantitative estimate of drug-likeness (QED) is 0.271. The Morgan fingerprint density at radius 3 is 2.22 bits per heavy atom. The van der Waals surface area contributed by atoms with E-state index in [1.807, 2.05) is 11.0 Å². The Bertz CT molecular complexity index is 1610. The summed E-state index contributed by atoms with van der Waals surface area (Å²) in [6.07, 6.45) is 10.6. The number of amides is 2. The lowest BCUT2D eigenvalue weighted by atomic mass is 9.53. The molecule has 1 heterocycles. The number of fused-ring (bicyclic) bond motifs is 1. The molecule has 3 aromatic rings. The van der Waals surface area contributed by atoms with E-state index in [0.717, 1.165) is 43.3 Å². The maximum absolute atomic E-state index is 15.2. The number of aromatic nitrogens is 1. The van der Waals surface area contributed by atoms with E-state index < -0.39 is 5.54 Å². The van der Waals surface area contributed by atoms with Gasteiger partial charge in [0.05, 0.1) is 0 Å². The number of para-hydroxylation sites is 1. The smallest absolute Gasteiger partial charge is 0.246 e. The molecule has 2 aromatic carbocycles. The summed E-state index contributed by atoms with van der Waals surface area (Å²) < 4.78 is 15.2. The number of hydrogen-bond acceptors (Lipinski definition) is 2. The van der Waals surface area contributed by atoms with Crippen LogP contribution in [0.5, 0.6) is 0 Å². The maximum Gasteiger partial charge on any atom is 0.246 e. The summed E-state index contributed by atoms with van der Waals surface area (Å²) in [5, 5.41) is 4.89. The van der Waals surface area contributed by atoms with Gasteiger partial charge in [-0.2, -0.15) is 0 Å². The van der Waals surface area contributed by atoms with Gasteiger partial charge in [0.15, 0.2) is 0 Å². The number of aromatic amines is 1. The summed E-state index contributed by atoms with van der Waals surface area (Å²) >= 11 is 0. The van der Waals surface area contributed by atoms with Gasteiger partial charge in [0.1, 0.15) is 11.4 Å². The van der Waals surface area contributed by atoms with E-state index in [1.54, 1.807) is 12.1 Å². The first-order valence-electron chi connectivity index (χ1n) is 17.5. The van der Waals surface area contributed by atoms with Crippen LogP contribution in [-0.2, 0) is 16.1 Å². The molecule has 1 aromatic heterocycles. The molecule has 0 aliphatic heterocycles. The maximum atomic E-state index is 15.2. The van der Waals surface area contributed by atoms with Gasteiger partial charge >= 0.3 is 0 Å². The van der Waals surface area contributed by atoms with Crippen molar-refractivity contribution in [2.75, 3.05) is 0 Å². The number of H-pyrrole nitrogens is 1. The Morgan fingerprint density at radius 2 is 1.56 bits per heavy atom. The van der Waals surface area contributed by atoms with Crippen LogP contribution in [0.15, 0.2) is 48.5 Å². The van der Waals surface area contributed by atoms with Crippen molar-refractivity contribution in [3.63, 3.8) is 0 Å². The molecule has 6 fully saturated rings. The highest BCUT2D eigenvalue weighted by Crippen LogP contribution is 2.67. The minimum atomic E-state index is -0.937. The fourth-order valence-electron chi connectivity index (χ4n) is 11.2. The average molecular weight is 610 g/mol. The Morgan fingerprint density at radius 1 is 0.933 bits per heavy atom. The Kier molecular flexibility index (Phi) is 6.79. The molecule has 2 amide bonds. The standard InChI is InChI=1S/C39H48FN3O2/c1-24-34(29-11-5-7-13-32(29)41-24)35-30(37(35,2)3)19-33(44)43(23-28-10-4-6-12-31(28)40)39(14-8-9-15-39)36(45)42-38-20-25-16-26(21-38)18-27(17-25)22-38/h4-7,10-13,25-27,30,35,41H,8-9,14-23H2,1-3H3,(H,42,45)/t25?,26?,27?,30-,35-,38?/m0/s1. The van der Waals surface area contributed by atoms with Gasteiger partial charge in [-0.1, -0.05) is 63.1 Å². The Labute approximate surface area is 266 Å². The summed E-state index contributed by atoms with van der Waals surface area (Å²) in [5.74, 6) is 2.23. The molecule has 9 rings (SSSR count). The molecule has 6 aliphatic carbocycles. The first-order chi connectivity index (χ1) is 21.6. The molecule has 6 saturated carbocycles. The van der Waals surface area contributed by atoms with Gasteiger partial charge in [0.2, 0.25) is 11.8 Å². The van der Waals surface area contributed by atoms with Gasteiger partial charge in [-0.05, 0) is 111 Å². The van der Waals surface area contributed by atoms with Gasteiger partial charge in [-0.15, -0.1) is 0 Å². The molecule has 6 aliphatic rings. The summed E-state index contributed by atoms with van der Waals surface area (Å²) in [6, 6.07) is 15.2. The predicted octanol–water partition coefficient (Wildman–Crippen LogP) is 8.17. The van der Waals surface area contributed by atoms with Crippen molar-refractivity contribution in [3.05, 3.63) is 71.2 Å². The second kappa shape index (κ2) is 10.4. The lowest BCUT2D eigenvalue weighted by Gasteiger charge is -2.57. The van der Waals surface area contributed by atoms with Crippen molar-refractivity contribution in [2.45, 2.75) is 115 Å². The fourth-order valence-corrected chi connectivity index (χ4v) is 11.2. The van der Waals surface area contributed by atoms with E-state index >= 15 is 4.39 Å². The molecule has 0 saturated heterocycles. The monoisotopic (exact) mass is 609 g/mol. The lowest BCUT2D eigenvalue weighted by molar-refractivity contribution is -0.152. The van der Waals surface area contributed by atoms with Crippen LogP contribution in [-0.4, -0.2) is 32.8 Å². The predicted molar refractivity (Wildman–Crippen MR) is 175 cm³/mol. The van der Waals surface area contributed by atoms with Gasteiger partial charge in [0.25, 0.3) is 0 Å². The second-order valence-electron chi connectivity index (χ2n) is 16.3. The number of halogens is 1. The highest BCUT2D eigenvalue weighted by molar-refractivity contribution is 5.93. The molecule has 4 bridgehead atoms. The van der Waals surface area contributed by atoms with Crippen LogP contribution in [0.2, 0.25) is 0 Å². The SMILES string of the molecule is Cc1[nH]c2ccccc2c1[C@@H]1[C@H](CC(=O)N(Cc2ccccc2F)C2(C(=O)NC34CC5CC(CC(C5)C3)C4)CCCC2)C1(C)C. The molecule has 0 unspecified atom stereocenters. The van der Waals surface area contributed by atoms with E-state index in [4.69, 9.17) is 0 Å². The topological polar surface area (TPSA) is 65.2 Å². The zero-order chi connectivity index (χ0) is 31.1. The molecule has 0 spiro atoms. The van der Waals surface area contributed by atoms with Crippen molar-refractivity contribution in [1.82, 2.24) is 15.2 Å². The summed E-state index contributed by atoms with van der Waals surface area (Å²) in [6.45, 7) is 6.80. The van der Waals surface area contributed by atoms with Gasteiger partial charge in [-0.25, -0.2) is 4.39 Å². The first kappa shape index (κ1) is 29.3. The average Bonchev–Trinajstić information content (AvgIpc) is 3.33. The van der Waals surface area contributed by atoms with Crippen LogP contribution >= 0.6 is 0 Å². The minimum Gasteiger partial charge on any atom is -0.358 e. The van der Waals surface area contributed by atoms with Crippen molar-refractivity contribution < 1.29 is 14.0 Å². The van der Waals surface area contributed by atoms with Crippen LogP contribution < -0.4 is 5.32 Å². The molecule has 2 atom stereocenters. The number of carbonyl (C=O) groups excluding carboxylic acids is 2. The van der Waals surface area contributed by atoms with Crippen molar-refractivity contribution in [2.24, 2.45) is 29.1 Å². The second-order valence-corrected chi connectivity index (χ2v) is 16.3. The lowest BCUT2D eigenvalue weighted by Crippen LogP contribution is -2.66. The number of benzene rings is 2. The third-order valence-electron chi connectivity index (χ3n) is 13.1. The summed E-state index contributed by atoms with van der Waals surface area (Å²) in [7, 11) is 0. The molecular formula is C39H48FN3O2. The minimum absolute atomic E-state index is 0.0149. The third-order valence-corrected chi connectivity index (χ3v) is 13.1. The highest BCUT2D eigenvalue weighted by atomic mass is 19.1. The third kappa shape index (κ3) is 4.76. The van der Waals surface area contributed by atoms with Crippen LogP contribution in [0.3, 0.4) is 0 Å². The zero-order valence-electron chi connectivity index (χ0n) is 27.1. The molecular weight excluding hydrogens is 561 g/mol. The van der Waals surface area contributed by atoms with Crippen molar-refractivity contribution in [1.29, 1.82) is 0 Å². The van der Waals surface area contributed by atoms with Crippen molar-refractivity contribution >= 4 is 22.7 Å². The number of aryl methyl sites for hydroxylation is 1. The molecule has 6 heteroatoms. The Balaban J connectivity index is 1.11. The molecule has 0 radical (unpaired) electrons. The molecule has 45 heavy (non-hydrogen) atoms. The fraction of sp³-hybridized carbons (Fsp3) is 0.590. The summed E-state index contributed by atoms with van der Waals surface area (Å²) in [4.78, 5) is 34.9. The Hall–Kier alpha value is -3.15. The highest BCUT2D eigenvalue weighted by Gasteiger charge is 2.61. The van der Waals surface area contributed by atoms with Crippen LogP contribution in [0.1, 0.15) is 107 Å². The molecule has 2 N–H and O–H groups in total. The van der Waals surface area contributed by atoms with E-state index in [2.05, 4.69) is 55.3 Å². The number of nitrogens with one attached hydrogen (secondary N) is 2. The normalized spacial score (nSPS) is 32.1. The number of nitrogens with zero attached hydrogens (tertiary/aromatic N) is 1. The number of rotatable bonds is 8. The van der Waals surface area contributed by atoms with Gasteiger partial charge < -0.3 is 15.2 Å². The van der Waals surface area contributed by atoms with E-state index in [9.17, 15) is 9.59 Å². The largest absolute Gasteiger partial charge is 0.358 e. The zero-order valence-corrected chi connectivity index (χ0v) is 27.1. The van der Waals surface area contributed by atoms with Crippen LogP contribution in [0, 0.1) is 41.8 Å². The van der Waals surface area contributed by atoms with E-state index in [1.165, 1.54) is 36.3 Å². The first-order valence-corrected chi connectivity index (χ1v) is 17.5. The van der Waals surface area contributed by atoms with E-state index in [-0.39, 0.29) is 47.0 Å². The van der Waals surface area contributed by atoms with E-state index in [0.29, 0.717) is 42.6 Å². The van der Waals surface area contributed by atoms with Crippen LogP contribution in [0.4, 0.5) is 4.39 Å². The molecule has 238 valence electrons. The van der Waals surface area contributed by atoms with Gasteiger partial charge in [0, 0.05) is 40.7 Å². The number of carbonyl (C=O) groups is 2. The van der Waals surface area contributed by atoms with Crippen LogP contribution in [0.25, 0.3) is 10.9 Å². The molecule has 5 nitrogen and oxygen atoms in total.